The first kappa shape index (κ1) is 17.8. The van der Waals surface area contributed by atoms with E-state index >= 15 is 0 Å². The number of fused-ring (bicyclic) bond motifs is 12. The van der Waals surface area contributed by atoms with Crippen molar-refractivity contribution >= 4 is 68.0 Å². The smallest absolute Gasteiger partial charge is 0.0527 e. The molecule has 0 N–H and O–H groups in total. The molecule has 0 amide bonds. The number of rotatable bonds is 0. The molecule has 7 rings (SSSR count). The van der Waals surface area contributed by atoms with Gasteiger partial charge >= 0.3 is 0 Å². The number of hydrogen-bond donors (Lipinski definition) is 0. The minimum Gasteiger partial charge on any atom is -0.142 e. The Morgan fingerprint density at radius 2 is 0.433 bits per heavy atom. The lowest BCUT2D eigenvalue weighted by Gasteiger charge is -2.12. The summed E-state index contributed by atoms with van der Waals surface area (Å²) in [5.41, 5.74) is 8.18. The lowest BCUT2D eigenvalue weighted by Crippen LogP contribution is -1.85. The first-order valence-electron chi connectivity index (χ1n) is 9.37. The fourth-order valence-electron chi connectivity index (χ4n) is 4.18. The Kier molecular flexibility index (Phi) is 4.07. The van der Waals surface area contributed by atoms with Gasteiger partial charge in [-0.3, -0.25) is 0 Å². The second-order valence-electron chi connectivity index (χ2n) is 6.98. The molecule has 1 aliphatic rings. The quantitative estimate of drug-likeness (QED) is 0.197. The van der Waals surface area contributed by atoms with Gasteiger partial charge in [0.15, 0.2) is 0 Å². The summed E-state index contributed by atoms with van der Waals surface area (Å²) < 4.78 is 0. The maximum Gasteiger partial charge on any atom is 0.0527 e. The lowest BCUT2D eigenvalue weighted by atomic mass is 9.97. The van der Waals surface area contributed by atoms with E-state index in [4.69, 9.17) is 0 Å². The molecule has 0 aliphatic heterocycles. The standard InChI is InChI=1S/C24H12S6/c1-7-25-19-13(1)14-2-8-26-20(14)22-17(5-10-28-22)18-6-12-30-24(18)23-16(4-11-29-23)15-3-9-27-21(15)19/h1-12H. The summed E-state index contributed by atoms with van der Waals surface area (Å²) in [4.78, 5) is 8.34. The van der Waals surface area contributed by atoms with E-state index in [9.17, 15) is 0 Å². The molecule has 6 heteroatoms. The van der Waals surface area contributed by atoms with E-state index in [1.165, 1.54) is 62.6 Å². The molecule has 30 heavy (non-hydrogen) atoms. The molecule has 0 spiro atoms. The average Bonchev–Trinajstić information content (AvgIpc) is 3.56. The Balaban J connectivity index is 1.65. The van der Waals surface area contributed by atoms with E-state index in [1.54, 1.807) is 0 Å². The topological polar surface area (TPSA) is 0 Å². The van der Waals surface area contributed by atoms with Gasteiger partial charge in [0.25, 0.3) is 0 Å². The lowest BCUT2D eigenvalue weighted by molar-refractivity contribution is 1.75. The summed E-state index contributed by atoms with van der Waals surface area (Å²) in [6, 6.07) is 13.8. The van der Waals surface area contributed by atoms with Crippen molar-refractivity contribution in [1.29, 1.82) is 0 Å². The molecule has 0 unspecified atom stereocenters. The van der Waals surface area contributed by atoms with Gasteiger partial charge in [-0.25, -0.2) is 0 Å². The molecule has 0 saturated carbocycles. The highest BCUT2D eigenvalue weighted by Crippen LogP contribution is 2.54. The van der Waals surface area contributed by atoms with Crippen LogP contribution < -0.4 is 0 Å². The van der Waals surface area contributed by atoms with Gasteiger partial charge in [0.1, 0.15) is 0 Å². The molecule has 6 aromatic heterocycles. The van der Waals surface area contributed by atoms with Crippen LogP contribution >= 0.6 is 68.0 Å². The van der Waals surface area contributed by atoms with E-state index in [2.05, 4.69) is 68.7 Å². The van der Waals surface area contributed by atoms with Crippen molar-refractivity contribution < 1.29 is 0 Å². The normalized spacial score (nSPS) is 12.0. The summed E-state index contributed by atoms with van der Waals surface area (Å²) >= 11 is 11.2. The second-order valence-corrected chi connectivity index (χ2v) is 12.5. The van der Waals surface area contributed by atoms with Gasteiger partial charge in [0, 0.05) is 33.4 Å². The van der Waals surface area contributed by atoms with Crippen LogP contribution in [0.5, 0.6) is 0 Å². The second kappa shape index (κ2) is 6.85. The maximum absolute atomic E-state index is 2.30. The third-order valence-electron chi connectivity index (χ3n) is 5.48. The summed E-state index contributed by atoms with van der Waals surface area (Å²) in [6.07, 6.45) is 0. The number of hydrogen-bond acceptors (Lipinski definition) is 6. The molecule has 0 atom stereocenters. The molecule has 0 aromatic carbocycles. The summed E-state index contributed by atoms with van der Waals surface area (Å²) in [7, 11) is 0. The maximum atomic E-state index is 2.30. The Morgan fingerprint density at radius 3 is 0.600 bits per heavy atom. The largest absolute Gasteiger partial charge is 0.142 e. The Bertz CT molecular complexity index is 1070. The van der Waals surface area contributed by atoms with E-state index in [0.29, 0.717) is 0 Å². The van der Waals surface area contributed by atoms with Gasteiger partial charge in [0.2, 0.25) is 0 Å². The summed E-state index contributed by atoms with van der Waals surface area (Å²) in [5.74, 6) is 0. The minimum atomic E-state index is 1.36. The zero-order valence-electron chi connectivity index (χ0n) is 15.4. The van der Waals surface area contributed by atoms with E-state index in [-0.39, 0.29) is 0 Å². The van der Waals surface area contributed by atoms with Gasteiger partial charge in [-0.15, -0.1) is 68.0 Å². The van der Waals surface area contributed by atoms with Crippen LogP contribution in [-0.2, 0) is 0 Å². The molecule has 6 aromatic rings. The van der Waals surface area contributed by atoms with Crippen LogP contribution in [0.25, 0.3) is 62.6 Å². The van der Waals surface area contributed by atoms with E-state index < -0.39 is 0 Å². The Morgan fingerprint density at radius 1 is 0.267 bits per heavy atom. The van der Waals surface area contributed by atoms with Crippen molar-refractivity contribution in [3.05, 3.63) is 68.7 Å². The molecule has 0 bridgehead atoms. The van der Waals surface area contributed by atoms with Crippen LogP contribution in [0.1, 0.15) is 0 Å². The highest BCUT2D eigenvalue weighted by atomic mass is 32.1. The van der Waals surface area contributed by atoms with Crippen LogP contribution in [0.4, 0.5) is 0 Å². The molecule has 1 aliphatic carbocycles. The SMILES string of the molecule is c1cc2c(s1)-c1sccc1-c1ccsc1-c1sccc1-c1ccsc1-c1sccc1-2. The van der Waals surface area contributed by atoms with Gasteiger partial charge in [0.05, 0.1) is 29.3 Å². The van der Waals surface area contributed by atoms with Crippen molar-refractivity contribution in [3.8, 4) is 62.6 Å². The molecule has 0 fully saturated rings. The first-order valence-corrected chi connectivity index (χ1v) is 14.6. The fraction of sp³-hybridized carbons (Fsp3) is 0. The average molecular weight is 493 g/mol. The first-order chi connectivity index (χ1) is 14.9. The van der Waals surface area contributed by atoms with Crippen molar-refractivity contribution in [3.63, 3.8) is 0 Å². The van der Waals surface area contributed by atoms with Gasteiger partial charge in [-0.1, -0.05) is 0 Å². The zero-order valence-corrected chi connectivity index (χ0v) is 20.3. The molecular formula is C24H12S6. The highest BCUT2D eigenvalue weighted by Gasteiger charge is 2.25. The molecule has 0 radical (unpaired) electrons. The van der Waals surface area contributed by atoms with Crippen LogP contribution in [-0.4, -0.2) is 0 Å². The van der Waals surface area contributed by atoms with Crippen LogP contribution in [0.2, 0.25) is 0 Å². The highest BCUT2D eigenvalue weighted by molar-refractivity contribution is 7.23. The predicted molar refractivity (Wildman–Crippen MR) is 140 cm³/mol. The van der Waals surface area contributed by atoms with E-state index in [1.807, 2.05) is 68.0 Å². The third-order valence-corrected chi connectivity index (χ3v) is 11.5. The predicted octanol–water partition coefficient (Wildman–Crippen LogP) is 10.4. The van der Waals surface area contributed by atoms with Crippen molar-refractivity contribution in [1.82, 2.24) is 0 Å². The Labute approximate surface area is 198 Å². The summed E-state index contributed by atoms with van der Waals surface area (Å²) in [5, 5.41) is 13.5. The molecule has 6 heterocycles. The molecule has 144 valence electrons. The van der Waals surface area contributed by atoms with Gasteiger partial charge < -0.3 is 0 Å². The summed E-state index contributed by atoms with van der Waals surface area (Å²) in [6.45, 7) is 0. The Hall–Kier alpha value is -1.80. The van der Waals surface area contributed by atoms with Crippen molar-refractivity contribution in [2.45, 2.75) is 0 Å². The van der Waals surface area contributed by atoms with Crippen molar-refractivity contribution in [2.24, 2.45) is 0 Å². The molecule has 0 nitrogen and oxygen atoms in total. The zero-order chi connectivity index (χ0) is 19.7. The fourth-order valence-corrected chi connectivity index (χ4v) is 10.2. The molecular weight excluding hydrogens is 481 g/mol. The third kappa shape index (κ3) is 2.46. The number of thiophene rings is 6. The van der Waals surface area contributed by atoms with Crippen LogP contribution in [0.3, 0.4) is 0 Å². The van der Waals surface area contributed by atoms with Crippen LogP contribution in [0.15, 0.2) is 68.7 Å². The van der Waals surface area contributed by atoms with Gasteiger partial charge in [-0.2, -0.15) is 0 Å². The minimum absolute atomic E-state index is 1.36. The molecule has 0 saturated heterocycles. The monoisotopic (exact) mass is 492 g/mol. The van der Waals surface area contributed by atoms with Gasteiger partial charge in [-0.05, 0) is 68.7 Å². The van der Waals surface area contributed by atoms with E-state index in [0.717, 1.165) is 0 Å². The van der Waals surface area contributed by atoms with Crippen LogP contribution in [0, 0.1) is 0 Å². The van der Waals surface area contributed by atoms with Crippen molar-refractivity contribution in [2.75, 3.05) is 0 Å².